The van der Waals surface area contributed by atoms with E-state index in [1.807, 2.05) is 26.8 Å². The van der Waals surface area contributed by atoms with Crippen molar-refractivity contribution in [2.24, 2.45) is 0 Å². The molecule has 0 aliphatic heterocycles. The van der Waals surface area contributed by atoms with Crippen molar-refractivity contribution in [2.75, 3.05) is 5.32 Å². The molecule has 0 fully saturated rings. The lowest BCUT2D eigenvalue weighted by Crippen LogP contribution is -2.06. The van der Waals surface area contributed by atoms with Crippen molar-refractivity contribution in [3.8, 4) is 5.75 Å². The van der Waals surface area contributed by atoms with Gasteiger partial charge in [0.05, 0.1) is 0 Å². The van der Waals surface area contributed by atoms with Gasteiger partial charge in [-0.05, 0) is 24.6 Å². The van der Waals surface area contributed by atoms with Crippen molar-refractivity contribution in [3.05, 3.63) is 47.2 Å². The van der Waals surface area contributed by atoms with Crippen molar-refractivity contribution in [3.63, 3.8) is 0 Å². The summed E-state index contributed by atoms with van der Waals surface area (Å²) in [5.41, 5.74) is 1.63. The molecule has 0 aliphatic rings. The monoisotopic (exact) mass is 275 g/mol. The van der Waals surface area contributed by atoms with Crippen LogP contribution in [0.2, 0.25) is 0 Å². The van der Waals surface area contributed by atoms with E-state index in [4.69, 9.17) is 5.11 Å². The number of hydrogen-bond acceptors (Lipinski definition) is 4. The van der Waals surface area contributed by atoms with Gasteiger partial charge >= 0.3 is 0 Å². The number of nitrogens with zero attached hydrogens (tertiary/aromatic N) is 2. The zero-order chi connectivity index (χ0) is 14.7. The second-order valence-electron chi connectivity index (χ2n) is 5.05. The summed E-state index contributed by atoms with van der Waals surface area (Å²) in [4.78, 5) is 8.79. The maximum atomic E-state index is 13.2. The fourth-order valence-electron chi connectivity index (χ4n) is 1.79. The largest absolute Gasteiger partial charge is 0.505 e. The van der Waals surface area contributed by atoms with Crippen LogP contribution in [-0.4, -0.2) is 15.1 Å². The molecule has 0 saturated carbocycles. The van der Waals surface area contributed by atoms with Gasteiger partial charge in [-0.1, -0.05) is 19.9 Å². The molecule has 2 aromatic rings. The minimum Gasteiger partial charge on any atom is -0.505 e. The van der Waals surface area contributed by atoms with Crippen molar-refractivity contribution < 1.29 is 9.50 Å². The molecule has 2 rings (SSSR count). The minimum absolute atomic E-state index is 0.251. The van der Waals surface area contributed by atoms with E-state index in [2.05, 4.69) is 15.3 Å². The molecule has 0 unspecified atom stereocenters. The van der Waals surface area contributed by atoms with Crippen LogP contribution in [0.4, 0.5) is 10.2 Å². The van der Waals surface area contributed by atoms with Crippen molar-refractivity contribution in [1.82, 2.24) is 9.97 Å². The van der Waals surface area contributed by atoms with Gasteiger partial charge in [-0.15, -0.1) is 0 Å². The molecule has 5 heteroatoms. The van der Waals surface area contributed by atoms with Crippen LogP contribution in [0, 0.1) is 12.7 Å². The van der Waals surface area contributed by atoms with Crippen LogP contribution in [0.3, 0.4) is 0 Å². The molecule has 0 bridgehead atoms. The number of anilines is 1. The van der Waals surface area contributed by atoms with Gasteiger partial charge in [0.25, 0.3) is 0 Å². The zero-order valence-corrected chi connectivity index (χ0v) is 11.8. The Hall–Kier alpha value is -2.17. The third-order valence-corrected chi connectivity index (χ3v) is 2.87. The molecule has 1 heterocycles. The molecule has 2 N–H and O–H groups in total. The number of halogens is 1. The van der Waals surface area contributed by atoms with Gasteiger partial charge in [0.2, 0.25) is 0 Å². The first-order chi connectivity index (χ1) is 9.45. The second-order valence-corrected chi connectivity index (χ2v) is 5.05. The highest BCUT2D eigenvalue weighted by Gasteiger charge is 2.07. The smallest absolute Gasteiger partial charge is 0.165 e. The number of phenols is 1. The maximum Gasteiger partial charge on any atom is 0.165 e. The molecule has 0 radical (unpaired) electrons. The summed E-state index contributed by atoms with van der Waals surface area (Å²) >= 11 is 0. The van der Waals surface area contributed by atoms with E-state index in [1.54, 1.807) is 6.07 Å². The predicted octanol–water partition coefficient (Wildman–Crippen LogP) is 3.37. The number of hydrogen-bond donors (Lipinski definition) is 2. The third kappa shape index (κ3) is 3.44. The van der Waals surface area contributed by atoms with E-state index in [-0.39, 0.29) is 11.7 Å². The van der Waals surface area contributed by atoms with E-state index in [1.165, 1.54) is 12.1 Å². The van der Waals surface area contributed by atoms with Crippen molar-refractivity contribution >= 4 is 5.82 Å². The van der Waals surface area contributed by atoms with Crippen LogP contribution >= 0.6 is 0 Å². The number of phenolic OH excluding ortho intramolecular Hbond substituents is 1. The van der Waals surface area contributed by atoms with Crippen LogP contribution in [0.1, 0.15) is 36.8 Å². The van der Waals surface area contributed by atoms with Gasteiger partial charge in [0.15, 0.2) is 11.6 Å². The summed E-state index contributed by atoms with van der Waals surface area (Å²) in [5.74, 6) is 0.792. The van der Waals surface area contributed by atoms with Crippen molar-refractivity contribution in [1.29, 1.82) is 0 Å². The average molecular weight is 275 g/mol. The number of rotatable bonds is 4. The molecular formula is C15H18FN3O. The lowest BCUT2D eigenvalue weighted by Gasteiger charge is -2.10. The van der Waals surface area contributed by atoms with Gasteiger partial charge in [0, 0.05) is 24.2 Å². The summed E-state index contributed by atoms with van der Waals surface area (Å²) in [6.07, 6.45) is 0. The lowest BCUT2D eigenvalue weighted by molar-refractivity contribution is 0.432. The molecule has 0 amide bonds. The Morgan fingerprint density at radius 1 is 1.25 bits per heavy atom. The van der Waals surface area contributed by atoms with Gasteiger partial charge in [-0.2, -0.15) is 0 Å². The number of aromatic nitrogens is 2. The molecule has 106 valence electrons. The number of aromatic hydroxyl groups is 1. The van der Waals surface area contributed by atoms with E-state index < -0.39 is 5.82 Å². The van der Waals surface area contributed by atoms with Gasteiger partial charge in [-0.25, -0.2) is 14.4 Å². The number of nitrogens with one attached hydrogen (secondary N) is 1. The Bertz CT molecular complexity index is 614. The lowest BCUT2D eigenvalue weighted by atomic mass is 10.2. The number of aryl methyl sites for hydroxylation is 1. The first-order valence-electron chi connectivity index (χ1n) is 6.52. The van der Waals surface area contributed by atoms with Crippen molar-refractivity contribution in [2.45, 2.75) is 33.2 Å². The quantitative estimate of drug-likeness (QED) is 0.898. The average Bonchev–Trinajstić information content (AvgIpc) is 2.39. The predicted molar refractivity (Wildman–Crippen MR) is 76.2 cm³/mol. The van der Waals surface area contributed by atoms with Crippen LogP contribution in [0.15, 0.2) is 24.3 Å². The topological polar surface area (TPSA) is 58.0 Å². The molecule has 1 aromatic carbocycles. The molecule has 0 spiro atoms. The Balaban J connectivity index is 2.12. The summed E-state index contributed by atoms with van der Waals surface area (Å²) in [5, 5.41) is 12.3. The van der Waals surface area contributed by atoms with Gasteiger partial charge < -0.3 is 10.4 Å². The molecule has 0 saturated heterocycles. The summed E-state index contributed by atoms with van der Waals surface area (Å²) in [6.45, 7) is 6.42. The highest BCUT2D eigenvalue weighted by Crippen LogP contribution is 2.18. The van der Waals surface area contributed by atoms with E-state index in [9.17, 15) is 4.39 Å². The molecule has 0 aliphatic carbocycles. The van der Waals surface area contributed by atoms with E-state index in [0.29, 0.717) is 6.54 Å². The zero-order valence-electron chi connectivity index (χ0n) is 11.8. The Morgan fingerprint density at radius 3 is 2.65 bits per heavy atom. The van der Waals surface area contributed by atoms with Crippen LogP contribution in [-0.2, 0) is 6.54 Å². The Kier molecular flexibility index (Phi) is 4.17. The highest BCUT2D eigenvalue weighted by atomic mass is 19.1. The third-order valence-electron chi connectivity index (χ3n) is 2.87. The second kappa shape index (κ2) is 5.86. The fourth-order valence-corrected chi connectivity index (χ4v) is 1.79. The fraction of sp³-hybridized carbons (Fsp3) is 0.333. The normalized spacial score (nSPS) is 10.8. The van der Waals surface area contributed by atoms with E-state index >= 15 is 0 Å². The molecule has 0 atom stereocenters. The van der Waals surface area contributed by atoms with Crippen LogP contribution < -0.4 is 5.32 Å². The Morgan fingerprint density at radius 2 is 2.00 bits per heavy atom. The van der Waals surface area contributed by atoms with Crippen LogP contribution in [0.5, 0.6) is 5.75 Å². The van der Waals surface area contributed by atoms with Crippen LogP contribution in [0.25, 0.3) is 0 Å². The molecular weight excluding hydrogens is 257 g/mol. The summed E-state index contributed by atoms with van der Waals surface area (Å²) in [7, 11) is 0. The standard InChI is InChI=1S/C15H18FN3O/c1-9(2)15-18-10(3)6-14(19-15)17-8-11-4-5-13(20)12(16)7-11/h4-7,9,20H,8H2,1-3H3,(H,17,18,19). The highest BCUT2D eigenvalue weighted by molar-refractivity contribution is 5.38. The molecule has 4 nitrogen and oxygen atoms in total. The first kappa shape index (κ1) is 14.2. The van der Waals surface area contributed by atoms with Gasteiger partial charge in [0.1, 0.15) is 11.6 Å². The Labute approximate surface area is 117 Å². The number of benzene rings is 1. The summed E-state index contributed by atoms with van der Waals surface area (Å²) in [6, 6.07) is 6.17. The minimum atomic E-state index is -0.619. The molecule has 20 heavy (non-hydrogen) atoms. The van der Waals surface area contributed by atoms with Gasteiger partial charge in [-0.3, -0.25) is 0 Å². The molecule has 1 aromatic heterocycles. The maximum absolute atomic E-state index is 13.2. The van der Waals surface area contributed by atoms with E-state index in [0.717, 1.165) is 22.9 Å². The SMILES string of the molecule is Cc1cc(NCc2ccc(O)c(F)c2)nc(C(C)C)n1. The summed E-state index contributed by atoms with van der Waals surface area (Å²) < 4.78 is 13.2. The first-order valence-corrected chi connectivity index (χ1v) is 6.52.